The van der Waals surface area contributed by atoms with Gasteiger partial charge in [-0.25, -0.2) is 0 Å². The quantitative estimate of drug-likeness (QED) is 0.461. The van der Waals surface area contributed by atoms with E-state index in [4.69, 9.17) is 15.3 Å². The fourth-order valence-electron chi connectivity index (χ4n) is 1.83. The first kappa shape index (κ1) is 14.5. The van der Waals surface area contributed by atoms with Gasteiger partial charge in [-0.1, -0.05) is 17.7 Å². The van der Waals surface area contributed by atoms with Crippen LogP contribution < -0.4 is 20.7 Å². The molecule has 0 amide bonds. The van der Waals surface area contributed by atoms with E-state index >= 15 is 0 Å². The lowest BCUT2D eigenvalue weighted by molar-refractivity contribution is 0.354. The number of ether oxygens (including phenoxy) is 2. The minimum atomic E-state index is 0.119. The molecule has 1 aromatic carbocycles. The highest BCUT2D eigenvalue weighted by molar-refractivity contribution is 5.43. The highest BCUT2D eigenvalue weighted by Crippen LogP contribution is 2.28. The molecule has 0 aliphatic rings. The second kappa shape index (κ2) is 7.03. The van der Waals surface area contributed by atoms with Crippen molar-refractivity contribution in [3.05, 3.63) is 35.4 Å². The molecule has 3 N–H and O–H groups in total. The predicted molar refractivity (Wildman–Crippen MR) is 73.8 cm³/mol. The van der Waals surface area contributed by atoms with Crippen LogP contribution in [0.3, 0.4) is 0 Å². The van der Waals surface area contributed by atoms with Crippen LogP contribution in [0.4, 0.5) is 0 Å². The van der Waals surface area contributed by atoms with Gasteiger partial charge in [0.15, 0.2) is 11.5 Å². The van der Waals surface area contributed by atoms with Gasteiger partial charge in [0.05, 0.1) is 14.2 Å². The van der Waals surface area contributed by atoms with E-state index < -0.39 is 0 Å². The van der Waals surface area contributed by atoms with Crippen molar-refractivity contribution in [1.82, 2.24) is 5.43 Å². The zero-order valence-corrected chi connectivity index (χ0v) is 11.5. The van der Waals surface area contributed by atoms with E-state index in [1.54, 1.807) is 14.2 Å². The third kappa shape index (κ3) is 4.05. The van der Waals surface area contributed by atoms with Gasteiger partial charge < -0.3 is 9.47 Å². The Kier molecular flexibility index (Phi) is 5.68. The first-order chi connectivity index (χ1) is 8.60. The van der Waals surface area contributed by atoms with Crippen LogP contribution in [0, 0.1) is 0 Å². The molecule has 0 aliphatic heterocycles. The van der Waals surface area contributed by atoms with E-state index in [-0.39, 0.29) is 6.04 Å². The lowest BCUT2D eigenvalue weighted by atomic mass is 10.0. The number of rotatable bonds is 6. The average Bonchev–Trinajstić information content (AvgIpc) is 2.37. The highest BCUT2D eigenvalue weighted by Gasteiger charge is 2.08. The highest BCUT2D eigenvalue weighted by atomic mass is 16.5. The van der Waals surface area contributed by atoms with Gasteiger partial charge >= 0.3 is 0 Å². The van der Waals surface area contributed by atoms with E-state index in [2.05, 4.69) is 25.3 Å². The van der Waals surface area contributed by atoms with Gasteiger partial charge in [0, 0.05) is 6.04 Å². The Hall–Kier alpha value is -1.52. The molecule has 0 saturated heterocycles. The Morgan fingerprint density at radius 1 is 1.28 bits per heavy atom. The third-order valence-electron chi connectivity index (χ3n) is 2.65. The molecule has 4 nitrogen and oxygen atoms in total. The summed E-state index contributed by atoms with van der Waals surface area (Å²) in [7, 11) is 3.27. The van der Waals surface area contributed by atoms with Gasteiger partial charge in [0.25, 0.3) is 0 Å². The van der Waals surface area contributed by atoms with E-state index in [0.717, 1.165) is 23.5 Å². The molecule has 1 aromatic rings. The number of methoxy groups -OCH3 is 2. The van der Waals surface area contributed by atoms with Crippen molar-refractivity contribution in [2.24, 2.45) is 5.84 Å². The van der Waals surface area contributed by atoms with Crippen LogP contribution >= 0.6 is 0 Å². The number of nitrogens with one attached hydrogen (secondary N) is 1. The van der Waals surface area contributed by atoms with Crippen LogP contribution in [0.15, 0.2) is 29.8 Å². The molecule has 100 valence electrons. The van der Waals surface area contributed by atoms with Crippen LogP contribution in [0.1, 0.15) is 19.4 Å². The van der Waals surface area contributed by atoms with Gasteiger partial charge in [0.2, 0.25) is 0 Å². The molecule has 0 fully saturated rings. The summed E-state index contributed by atoms with van der Waals surface area (Å²) < 4.78 is 10.5. The fourth-order valence-corrected chi connectivity index (χ4v) is 1.83. The molecule has 0 spiro atoms. The number of allylic oxidation sites excluding steroid dienone is 1. The predicted octanol–water partition coefficient (Wildman–Crippen LogP) is 2.04. The lowest BCUT2D eigenvalue weighted by Crippen LogP contribution is -2.35. The summed E-state index contributed by atoms with van der Waals surface area (Å²) in [5, 5.41) is 0. The monoisotopic (exact) mass is 250 g/mol. The van der Waals surface area contributed by atoms with E-state index in [1.807, 2.05) is 18.2 Å². The van der Waals surface area contributed by atoms with Crippen LogP contribution in [0.2, 0.25) is 0 Å². The molecule has 0 heterocycles. The van der Waals surface area contributed by atoms with Crippen molar-refractivity contribution >= 4 is 0 Å². The molecule has 0 aliphatic carbocycles. The lowest BCUT2D eigenvalue weighted by Gasteiger charge is -2.14. The Morgan fingerprint density at radius 3 is 2.44 bits per heavy atom. The molecule has 18 heavy (non-hydrogen) atoms. The summed E-state index contributed by atoms with van der Waals surface area (Å²) in [6.07, 6.45) is 2.92. The summed E-state index contributed by atoms with van der Waals surface area (Å²) in [6.45, 7) is 4.11. The Labute approximate surface area is 109 Å². The largest absolute Gasteiger partial charge is 0.493 e. The zero-order chi connectivity index (χ0) is 13.5. The minimum absolute atomic E-state index is 0.119. The number of hydrogen-bond donors (Lipinski definition) is 2. The molecular weight excluding hydrogens is 228 g/mol. The van der Waals surface area contributed by atoms with E-state index in [1.165, 1.54) is 5.57 Å². The molecule has 0 bridgehead atoms. The zero-order valence-electron chi connectivity index (χ0n) is 11.5. The van der Waals surface area contributed by atoms with Gasteiger partial charge in [-0.15, -0.1) is 0 Å². The maximum atomic E-state index is 5.55. The van der Waals surface area contributed by atoms with Crippen molar-refractivity contribution < 1.29 is 9.47 Å². The second-order valence-corrected chi connectivity index (χ2v) is 4.41. The van der Waals surface area contributed by atoms with E-state index in [0.29, 0.717) is 0 Å². The maximum Gasteiger partial charge on any atom is 0.160 e. The van der Waals surface area contributed by atoms with E-state index in [9.17, 15) is 0 Å². The molecular formula is C14H22N2O2. The van der Waals surface area contributed by atoms with Gasteiger partial charge in [-0.3, -0.25) is 11.3 Å². The summed E-state index contributed by atoms with van der Waals surface area (Å²) in [6, 6.07) is 6.02. The summed E-state index contributed by atoms with van der Waals surface area (Å²) in [4.78, 5) is 0. The van der Waals surface area contributed by atoms with Crippen molar-refractivity contribution in [3.63, 3.8) is 0 Å². The molecule has 1 unspecified atom stereocenters. The van der Waals surface area contributed by atoms with Crippen molar-refractivity contribution in [3.8, 4) is 11.5 Å². The van der Waals surface area contributed by atoms with Crippen LogP contribution in [-0.4, -0.2) is 20.3 Å². The topological polar surface area (TPSA) is 56.5 Å². The number of benzene rings is 1. The smallest absolute Gasteiger partial charge is 0.160 e. The number of hydrazine groups is 1. The van der Waals surface area contributed by atoms with Crippen LogP contribution in [0.5, 0.6) is 11.5 Å². The number of nitrogens with two attached hydrogens (primary N) is 1. The summed E-state index contributed by atoms with van der Waals surface area (Å²) in [5.74, 6) is 7.02. The van der Waals surface area contributed by atoms with Crippen molar-refractivity contribution in [1.29, 1.82) is 0 Å². The summed E-state index contributed by atoms with van der Waals surface area (Å²) in [5.41, 5.74) is 5.18. The normalized spacial score (nSPS) is 11.8. The van der Waals surface area contributed by atoms with Crippen molar-refractivity contribution in [2.45, 2.75) is 26.3 Å². The van der Waals surface area contributed by atoms with Gasteiger partial charge in [0.1, 0.15) is 0 Å². The molecule has 0 aromatic heterocycles. The molecule has 1 rings (SSSR count). The Morgan fingerprint density at radius 2 is 1.94 bits per heavy atom. The standard InChI is InChI=1S/C14H22N2O2/c1-10(2)7-12(16-15)8-11-5-6-13(17-3)14(9-11)18-4/h5-7,9,12,16H,8,15H2,1-4H3. The molecule has 1 atom stereocenters. The SMILES string of the molecule is COc1ccc(CC(C=C(C)C)NN)cc1OC. The minimum Gasteiger partial charge on any atom is -0.493 e. The van der Waals surface area contributed by atoms with Crippen LogP contribution in [0.25, 0.3) is 0 Å². The molecule has 0 saturated carbocycles. The Bertz CT molecular complexity index is 412. The van der Waals surface area contributed by atoms with Crippen LogP contribution in [-0.2, 0) is 6.42 Å². The van der Waals surface area contributed by atoms with Crippen molar-refractivity contribution in [2.75, 3.05) is 14.2 Å². The first-order valence-electron chi connectivity index (χ1n) is 5.92. The van der Waals surface area contributed by atoms with Gasteiger partial charge in [-0.2, -0.15) is 0 Å². The maximum absolute atomic E-state index is 5.55. The first-order valence-corrected chi connectivity index (χ1v) is 5.92. The number of hydrogen-bond acceptors (Lipinski definition) is 4. The molecule has 0 radical (unpaired) electrons. The summed E-state index contributed by atoms with van der Waals surface area (Å²) >= 11 is 0. The average molecular weight is 250 g/mol. The fraction of sp³-hybridized carbons (Fsp3) is 0.429. The Balaban J connectivity index is 2.87. The molecule has 4 heteroatoms. The van der Waals surface area contributed by atoms with Gasteiger partial charge in [-0.05, 0) is 38.0 Å². The third-order valence-corrected chi connectivity index (χ3v) is 2.65. The second-order valence-electron chi connectivity index (χ2n) is 4.41.